The number of aliphatic hydroxyl groups excluding tert-OH is 1. The van der Waals surface area contributed by atoms with E-state index >= 15 is 0 Å². The molecule has 2 heterocycles. The van der Waals surface area contributed by atoms with Gasteiger partial charge >= 0.3 is 0 Å². The molecule has 0 atom stereocenters. The average Bonchev–Trinajstić information content (AvgIpc) is 2.66. The maximum atomic E-state index is 9.22. The van der Waals surface area contributed by atoms with Crippen molar-refractivity contribution in [2.75, 3.05) is 0 Å². The maximum absolute atomic E-state index is 9.22. The molecule has 84 valence electrons. The molecular weight excluding hydrogens is 228 g/mol. The molecule has 5 nitrogen and oxygen atoms in total. The summed E-state index contributed by atoms with van der Waals surface area (Å²) in [7, 11) is 0. The Morgan fingerprint density at radius 1 is 1.50 bits per heavy atom. The van der Waals surface area contributed by atoms with Crippen LogP contribution in [-0.2, 0) is 13.0 Å². The zero-order chi connectivity index (χ0) is 11.5. The fourth-order valence-corrected chi connectivity index (χ4v) is 1.76. The van der Waals surface area contributed by atoms with E-state index in [1.807, 2.05) is 6.92 Å². The highest BCUT2D eigenvalue weighted by Gasteiger charge is 2.15. The lowest BCUT2D eigenvalue weighted by Crippen LogP contribution is -2.01. The van der Waals surface area contributed by atoms with Crippen LogP contribution in [0.25, 0.3) is 5.82 Å². The first kappa shape index (κ1) is 11.0. The number of hydrogen-bond acceptors (Lipinski definition) is 4. The number of aromatic nitrogens is 4. The van der Waals surface area contributed by atoms with Crippen molar-refractivity contribution in [3.05, 3.63) is 34.7 Å². The number of hydrogen-bond donors (Lipinski definition) is 1. The second-order valence-electron chi connectivity index (χ2n) is 3.22. The minimum absolute atomic E-state index is 0.123. The summed E-state index contributed by atoms with van der Waals surface area (Å²) in [4.78, 5) is 0. The van der Waals surface area contributed by atoms with Crippen molar-refractivity contribution in [3.8, 4) is 5.82 Å². The van der Waals surface area contributed by atoms with E-state index in [1.54, 1.807) is 18.3 Å². The number of nitrogens with zero attached hydrogens (tertiary/aromatic N) is 4. The van der Waals surface area contributed by atoms with Gasteiger partial charge in [-0.1, -0.05) is 18.5 Å². The van der Waals surface area contributed by atoms with Gasteiger partial charge in [0.25, 0.3) is 0 Å². The normalized spacial score (nSPS) is 10.7. The van der Waals surface area contributed by atoms with Crippen LogP contribution in [0.2, 0.25) is 5.15 Å². The predicted molar refractivity (Wildman–Crippen MR) is 59.5 cm³/mol. The molecular formula is C10H11ClN4O. The Labute approximate surface area is 97.7 Å². The van der Waals surface area contributed by atoms with Gasteiger partial charge in [-0.25, -0.2) is 4.68 Å². The average molecular weight is 239 g/mol. The summed E-state index contributed by atoms with van der Waals surface area (Å²) in [6.45, 7) is 1.83. The molecule has 0 fully saturated rings. The van der Waals surface area contributed by atoms with E-state index in [9.17, 15) is 5.11 Å². The van der Waals surface area contributed by atoms with Crippen molar-refractivity contribution in [1.29, 1.82) is 0 Å². The largest absolute Gasteiger partial charge is 0.391 e. The van der Waals surface area contributed by atoms with Gasteiger partial charge in [-0.2, -0.15) is 10.2 Å². The summed E-state index contributed by atoms with van der Waals surface area (Å²) in [5, 5.41) is 21.6. The monoisotopic (exact) mass is 238 g/mol. The minimum atomic E-state index is -0.123. The number of halogens is 1. The van der Waals surface area contributed by atoms with Crippen molar-refractivity contribution in [2.45, 2.75) is 20.0 Å². The lowest BCUT2D eigenvalue weighted by molar-refractivity contribution is 0.281. The molecule has 0 aliphatic rings. The molecule has 0 bridgehead atoms. The summed E-state index contributed by atoms with van der Waals surface area (Å²) in [6.07, 6.45) is 2.29. The molecule has 0 aliphatic carbocycles. The van der Waals surface area contributed by atoms with Crippen LogP contribution in [0.3, 0.4) is 0 Å². The Hall–Kier alpha value is -1.46. The maximum Gasteiger partial charge on any atom is 0.177 e. The molecule has 0 spiro atoms. The third-order valence-corrected chi connectivity index (χ3v) is 2.66. The Bertz CT molecular complexity index is 483. The summed E-state index contributed by atoms with van der Waals surface area (Å²) in [6, 6.07) is 3.51. The molecule has 0 amide bonds. The molecule has 16 heavy (non-hydrogen) atoms. The lowest BCUT2D eigenvalue weighted by atomic mass is 10.2. The SMILES string of the molecule is CCc1nn(-c2cccnn2)c(Cl)c1CO. The summed E-state index contributed by atoms with van der Waals surface area (Å²) < 4.78 is 1.49. The van der Waals surface area contributed by atoms with Gasteiger partial charge < -0.3 is 5.11 Å². The van der Waals surface area contributed by atoms with Gasteiger partial charge in [0.1, 0.15) is 5.15 Å². The Kier molecular flexibility index (Phi) is 3.17. The number of aryl methyl sites for hydroxylation is 1. The highest BCUT2D eigenvalue weighted by Crippen LogP contribution is 2.22. The molecule has 2 rings (SSSR count). The zero-order valence-corrected chi connectivity index (χ0v) is 9.52. The van der Waals surface area contributed by atoms with E-state index in [0.29, 0.717) is 23.0 Å². The zero-order valence-electron chi connectivity index (χ0n) is 8.76. The quantitative estimate of drug-likeness (QED) is 0.877. The van der Waals surface area contributed by atoms with Crippen molar-refractivity contribution in [3.63, 3.8) is 0 Å². The molecule has 0 radical (unpaired) electrons. The van der Waals surface area contributed by atoms with E-state index in [1.165, 1.54) is 4.68 Å². The Balaban J connectivity index is 2.54. The van der Waals surface area contributed by atoms with Crippen LogP contribution >= 0.6 is 11.6 Å². The first-order valence-corrected chi connectivity index (χ1v) is 5.31. The van der Waals surface area contributed by atoms with Crippen LogP contribution in [0.4, 0.5) is 0 Å². The fraction of sp³-hybridized carbons (Fsp3) is 0.300. The van der Waals surface area contributed by atoms with E-state index in [4.69, 9.17) is 11.6 Å². The van der Waals surface area contributed by atoms with Gasteiger partial charge in [-0.05, 0) is 18.6 Å². The molecule has 0 saturated carbocycles. The van der Waals surface area contributed by atoms with Gasteiger partial charge in [-0.3, -0.25) is 0 Å². The van der Waals surface area contributed by atoms with Gasteiger partial charge in [0.05, 0.1) is 12.3 Å². The van der Waals surface area contributed by atoms with Crippen LogP contribution < -0.4 is 0 Å². The summed E-state index contributed by atoms with van der Waals surface area (Å²) >= 11 is 6.12. The van der Waals surface area contributed by atoms with Crippen molar-refractivity contribution in [2.24, 2.45) is 0 Å². The minimum Gasteiger partial charge on any atom is -0.391 e. The van der Waals surface area contributed by atoms with E-state index < -0.39 is 0 Å². The second kappa shape index (κ2) is 4.59. The smallest absolute Gasteiger partial charge is 0.177 e. The van der Waals surface area contributed by atoms with Crippen molar-refractivity contribution in [1.82, 2.24) is 20.0 Å². The molecule has 0 unspecified atom stereocenters. The number of rotatable bonds is 3. The lowest BCUT2D eigenvalue weighted by Gasteiger charge is -1.99. The predicted octanol–water partition coefficient (Wildman–Crippen LogP) is 1.37. The molecule has 0 aliphatic heterocycles. The summed E-state index contributed by atoms with van der Waals surface area (Å²) in [5.41, 5.74) is 1.42. The van der Waals surface area contributed by atoms with E-state index in [-0.39, 0.29) is 6.61 Å². The van der Waals surface area contributed by atoms with Crippen LogP contribution in [0, 0.1) is 0 Å². The van der Waals surface area contributed by atoms with Crippen LogP contribution in [0.15, 0.2) is 18.3 Å². The topological polar surface area (TPSA) is 63.8 Å². The first-order chi connectivity index (χ1) is 7.77. The van der Waals surface area contributed by atoms with Gasteiger partial charge in [0.15, 0.2) is 5.82 Å². The van der Waals surface area contributed by atoms with Crippen LogP contribution in [0.1, 0.15) is 18.2 Å². The molecule has 1 N–H and O–H groups in total. The van der Waals surface area contributed by atoms with E-state index in [2.05, 4.69) is 15.3 Å². The second-order valence-corrected chi connectivity index (χ2v) is 3.58. The molecule has 6 heteroatoms. The Morgan fingerprint density at radius 3 is 2.81 bits per heavy atom. The van der Waals surface area contributed by atoms with Crippen LogP contribution in [0.5, 0.6) is 0 Å². The van der Waals surface area contributed by atoms with Crippen molar-refractivity contribution < 1.29 is 5.11 Å². The third kappa shape index (κ3) is 1.79. The summed E-state index contributed by atoms with van der Waals surface area (Å²) in [5.74, 6) is 0.543. The highest BCUT2D eigenvalue weighted by atomic mass is 35.5. The van der Waals surface area contributed by atoms with Crippen LogP contribution in [-0.4, -0.2) is 25.1 Å². The third-order valence-electron chi connectivity index (χ3n) is 2.27. The van der Waals surface area contributed by atoms with Gasteiger partial charge in [0, 0.05) is 11.8 Å². The van der Waals surface area contributed by atoms with Gasteiger partial charge in [0.2, 0.25) is 0 Å². The standard InChI is InChI=1S/C10H11ClN4O/c1-2-8-7(6-16)10(11)15(14-8)9-4-3-5-12-13-9/h3-5,16H,2,6H2,1H3. The molecule has 0 aromatic carbocycles. The van der Waals surface area contributed by atoms with E-state index in [0.717, 1.165) is 5.69 Å². The van der Waals surface area contributed by atoms with Gasteiger partial charge in [-0.15, -0.1) is 5.10 Å². The number of aliphatic hydroxyl groups is 1. The van der Waals surface area contributed by atoms with Crippen molar-refractivity contribution >= 4 is 11.6 Å². The molecule has 2 aromatic heterocycles. The fourth-order valence-electron chi connectivity index (χ4n) is 1.47. The molecule has 0 saturated heterocycles. The first-order valence-electron chi connectivity index (χ1n) is 4.93. The Morgan fingerprint density at radius 2 is 2.31 bits per heavy atom. The highest BCUT2D eigenvalue weighted by molar-refractivity contribution is 6.30. The molecule has 2 aromatic rings.